The lowest BCUT2D eigenvalue weighted by molar-refractivity contribution is -0.139. The lowest BCUT2D eigenvalue weighted by Gasteiger charge is -2.14. The number of fused-ring (bicyclic) bond motifs is 1. The number of rotatable bonds is 5. The highest BCUT2D eigenvalue weighted by Crippen LogP contribution is 2.26. The molecule has 2 N–H and O–H groups in total. The molecule has 0 radical (unpaired) electrons. The first-order valence-corrected chi connectivity index (χ1v) is 8.11. The number of nitrogens with one attached hydrogen (secondary N) is 1. The minimum Gasteiger partial charge on any atom is -0.480 e. The molecule has 0 aliphatic carbocycles. The number of hydrogen-bond acceptors (Lipinski definition) is 3. The molecule has 4 nitrogen and oxygen atoms in total. The van der Waals surface area contributed by atoms with Gasteiger partial charge in [-0.15, -0.1) is 11.3 Å². The summed E-state index contributed by atoms with van der Waals surface area (Å²) in [5.74, 6) is -1.95. The third-order valence-corrected chi connectivity index (χ3v) is 4.70. The molecule has 24 heavy (non-hydrogen) atoms. The molecule has 1 atom stereocenters. The summed E-state index contributed by atoms with van der Waals surface area (Å²) in [6.45, 7) is 0. The fraction of sp³-hybridized carbons (Fsp3) is 0.111. The lowest BCUT2D eigenvalue weighted by Crippen LogP contribution is -2.42. The Balaban J connectivity index is 1.78. The maximum Gasteiger partial charge on any atom is 0.326 e. The molecule has 0 unspecified atom stereocenters. The molecule has 0 aliphatic rings. The van der Waals surface area contributed by atoms with Crippen LogP contribution < -0.4 is 5.32 Å². The third kappa shape index (κ3) is 3.60. The van der Waals surface area contributed by atoms with Gasteiger partial charge in [0.1, 0.15) is 11.9 Å². The van der Waals surface area contributed by atoms with E-state index in [1.807, 2.05) is 30.3 Å². The Kier molecular flexibility index (Phi) is 4.57. The van der Waals surface area contributed by atoms with Crippen molar-refractivity contribution in [2.24, 2.45) is 0 Å². The summed E-state index contributed by atoms with van der Waals surface area (Å²) < 4.78 is 14.0. The summed E-state index contributed by atoms with van der Waals surface area (Å²) >= 11 is 1.20. The monoisotopic (exact) mass is 343 g/mol. The summed E-state index contributed by atoms with van der Waals surface area (Å²) in [6, 6.07) is 13.9. The molecule has 2 aromatic carbocycles. The van der Waals surface area contributed by atoms with Crippen molar-refractivity contribution < 1.29 is 19.1 Å². The van der Waals surface area contributed by atoms with E-state index in [2.05, 4.69) is 5.32 Å². The first kappa shape index (κ1) is 16.1. The highest BCUT2D eigenvalue weighted by atomic mass is 32.1. The van der Waals surface area contributed by atoms with Gasteiger partial charge in [-0.05, 0) is 35.2 Å². The number of halogens is 1. The van der Waals surface area contributed by atoms with Gasteiger partial charge >= 0.3 is 5.97 Å². The van der Waals surface area contributed by atoms with Gasteiger partial charge in [-0.3, -0.25) is 4.79 Å². The van der Waals surface area contributed by atoms with Crippen molar-refractivity contribution in [3.8, 4) is 0 Å². The van der Waals surface area contributed by atoms with Crippen molar-refractivity contribution in [3.63, 3.8) is 0 Å². The number of thiophene rings is 1. The number of hydrogen-bond donors (Lipinski definition) is 2. The molecule has 6 heteroatoms. The van der Waals surface area contributed by atoms with E-state index in [1.165, 1.54) is 23.5 Å². The Labute approximate surface area is 141 Å². The van der Waals surface area contributed by atoms with E-state index in [1.54, 1.807) is 12.1 Å². The average Bonchev–Trinajstić information content (AvgIpc) is 2.98. The number of amides is 1. The number of carboxylic acids is 1. The third-order valence-electron chi connectivity index (χ3n) is 3.59. The van der Waals surface area contributed by atoms with Crippen LogP contribution in [0.1, 0.15) is 15.2 Å². The van der Waals surface area contributed by atoms with E-state index >= 15 is 0 Å². The van der Waals surface area contributed by atoms with E-state index in [9.17, 15) is 19.1 Å². The maximum absolute atomic E-state index is 13.2. The molecule has 1 aromatic heterocycles. The minimum absolute atomic E-state index is 0.196. The Morgan fingerprint density at radius 1 is 1.12 bits per heavy atom. The van der Waals surface area contributed by atoms with E-state index in [-0.39, 0.29) is 12.2 Å². The van der Waals surface area contributed by atoms with Gasteiger partial charge in [0.05, 0.1) is 4.88 Å². The molecule has 0 aliphatic heterocycles. The van der Waals surface area contributed by atoms with Gasteiger partial charge in [0.2, 0.25) is 0 Å². The van der Waals surface area contributed by atoms with E-state index in [0.717, 1.165) is 10.3 Å². The number of benzene rings is 2. The molecule has 0 fully saturated rings. The number of carbonyl (C=O) groups excluding carboxylic acids is 1. The first-order valence-electron chi connectivity index (χ1n) is 7.29. The van der Waals surface area contributed by atoms with Crippen LogP contribution in [0.15, 0.2) is 54.6 Å². The molecule has 122 valence electrons. The average molecular weight is 343 g/mol. The first-order chi connectivity index (χ1) is 11.5. The van der Waals surface area contributed by atoms with Crippen LogP contribution in [-0.2, 0) is 11.2 Å². The lowest BCUT2D eigenvalue weighted by atomic mass is 10.1. The number of carbonyl (C=O) groups is 2. The number of aliphatic carboxylic acids is 1. The Bertz CT molecular complexity index is 892. The van der Waals surface area contributed by atoms with Crippen LogP contribution in [-0.4, -0.2) is 23.0 Å². The molecule has 0 saturated carbocycles. The molecular formula is C18H14FNO3S. The zero-order valence-corrected chi connectivity index (χ0v) is 13.3. The topological polar surface area (TPSA) is 66.4 Å². The summed E-state index contributed by atoms with van der Waals surface area (Å²) in [7, 11) is 0. The predicted molar refractivity (Wildman–Crippen MR) is 90.8 cm³/mol. The highest BCUT2D eigenvalue weighted by Gasteiger charge is 2.22. The summed E-state index contributed by atoms with van der Waals surface area (Å²) in [6.07, 6.45) is 0.196. The standard InChI is InChI=1S/C18H14FNO3S/c19-13-6-7-15-12(9-13)10-16(24-15)17(21)20-14(18(22)23)8-11-4-2-1-3-5-11/h1-7,9-10,14H,8H2,(H,20,21)(H,22,23)/t14-/m0/s1. The van der Waals surface area contributed by atoms with E-state index < -0.39 is 17.9 Å². The quantitative estimate of drug-likeness (QED) is 0.745. The van der Waals surface area contributed by atoms with Crippen molar-refractivity contribution in [3.05, 3.63) is 70.9 Å². The van der Waals surface area contributed by atoms with Gasteiger partial charge < -0.3 is 10.4 Å². The van der Waals surface area contributed by atoms with Crippen molar-refractivity contribution in [1.82, 2.24) is 5.32 Å². The van der Waals surface area contributed by atoms with Crippen LogP contribution in [0.2, 0.25) is 0 Å². The smallest absolute Gasteiger partial charge is 0.326 e. The Morgan fingerprint density at radius 2 is 1.88 bits per heavy atom. The van der Waals surface area contributed by atoms with Crippen LogP contribution in [0.3, 0.4) is 0 Å². The Morgan fingerprint density at radius 3 is 2.58 bits per heavy atom. The number of carboxylic acid groups (broad SMARTS) is 1. The fourth-order valence-corrected chi connectivity index (χ4v) is 3.35. The van der Waals surface area contributed by atoms with Crippen LogP contribution >= 0.6 is 11.3 Å². The van der Waals surface area contributed by atoms with E-state index in [4.69, 9.17) is 0 Å². The zero-order chi connectivity index (χ0) is 17.1. The highest BCUT2D eigenvalue weighted by molar-refractivity contribution is 7.20. The van der Waals surface area contributed by atoms with Gasteiger partial charge in [0.15, 0.2) is 0 Å². The van der Waals surface area contributed by atoms with Gasteiger partial charge in [-0.25, -0.2) is 9.18 Å². The van der Waals surface area contributed by atoms with Gasteiger partial charge in [0, 0.05) is 11.1 Å². The fourth-order valence-electron chi connectivity index (χ4n) is 2.41. The largest absolute Gasteiger partial charge is 0.480 e. The van der Waals surface area contributed by atoms with Crippen LogP contribution in [0.4, 0.5) is 4.39 Å². The SMILES string of the molecule is O=C(N[C@@H](Cc1ccccc1)C(=O)O)c1cc2cc(F)ccc2s1. The van der Waals surface area contributed by atoms with Crippen LogP contribution in [0.5, 0.6) is 0 Å². The van der Waals surface area contributed by atoms with Crippen molar-refractivity contribution in [1.29, 1.82) is 0 Å². The normalized spacial score (nSPS) is 12.0. The molecule has 0 bridgehead atoms. The van der Waals surface area contributed by atoms with Crippen LogP contribution in [0.25, 0.3) is 10.1 Å². The second kappa shape index (κ2) is 6.80. The molecule has 0 saturated heterocycles. The van der Waals surface area contributed by atoms with E-state index in [0.29, 0.717) is 10.3 Å². The summed E-state index contributed by atoms with van der Waals surface area (Å²) in [4.78, 5) is 24.1. The molecule has 1 heterocycles. The van der Waals surface area contributed by atoms with Gasteiger partial charge in [-0.1, -0.05) is 30.3 Å². The molecule has 3 aromatic rings. The molecule has 3 rings (SSSR count). The molecule has 1 amide bonds. The Hall–Kier alpha value is -2.73. The van der Waals surface area contributed by atoms with Crippen LogP contribution in [0, 0.1) is 5.82 Å². The zero-order valence-electron chi connectivity index (χ0n) is 12.5. The predicted octanol–water partition coefficient (Wildman–Crippen LogP) is 3.47. The minimum atomic E-state index is -1.10. The second-order valence-corrected chi connectivity index (χ2v) is 6.43. The molecular weight excluding hydrogens is 329 g/mol. The van der Waals surface area contributed by atoms with Crippen molar-refractivity contribution in [2.75, 3.05) is 0 Å². The molecule has 0 spiro atoms. The van der Waals surface area contributed by atoms with Gasteiger partial charge in [-0.2, -0.15) is 0 Å². The van der Waals surface area contributed by atoms with Crippen molar-refractivity contribution >= 4 is 33.3 Å². The summed E-state index contributed by atoms with van der Waals surface area (Å²) in [5.41, 5.74) is 0.823. The summed E-state index contributed by atoms with van der Waals surface area (Å²) in [5, 5.41) is 12.5. The second-order valence-electron chi connectivity index (χ2n) is 5.35. The van der Waals surface area contributed by atoms with Gasteiger partial charge in [0.25, 0.3) is 5.91 Å². The maximum atomic E-state index is 13.2. The van der Waals surface area contributed by atoms with Crippen molar-refractivity contribution in [2.45, 2.75) is 12.5 Å².